The van der Waals surface area contributed by atoms with Crippen LogP contribution in [0.25, 0.3) is 11.2 Å². The maximum Gasteiger partial charge on any atom is 0.303 e. The van der Waals surface area contributed by atoms with Crippen molar-refractivity contribution in [3.63, 3.8) is 0 Å². The van der Waals surface area contributed by atoms with Crippen LogP contribution in [-0.4, -0.2) is 62.3 Å². The second-order valence-electron chi connectivity index (χ2n) is 8.19. The number of aromatic nitrogens is 4. The minimum Gasteiger partial charge on any atom is -0.463 e. The molecule has 1 aliphatic rings. The second-order valence-corrected chi connectivity index (χ2v) is 8.19. The maximum absolute atomic E-state index is 11.9. The van der Waals surface area contributed by atoms with Gasteiger partial charge in [0.25, 0.3) is 0 Å². The quantitative estimate of drug-likeness (QED) is 0.345. The fourth-order valence-electron chi connectivity index (χ4n) is 3.97. The van der Waals surface area contributed by atoms with Gasteiger partial charge in [0, 0.05) is 27.3 Å². The van der Waals surface area contributed by atoms with Gasteiger partial charge in [-0.25, -0.2) is 4.98 Å². The van der Waals surface area contributed by atoms with E-state index >= 15 is 0 Å². The summed E-state index contributed by atoms with van der Waals surface area (Å²) in [4.78, 5) is 48.1. The van der Waals surface area contributed by atoms with Crippen LogP contribution in [0.2, 0.25) is 0 Å². The number of rotatable bonds is 8. The standard InChI is InChI=1S/C24H24N6O7/c1-13(31)34-11-17-20(35-14(2)32)21(36-15(3)33)24(37-17)30-12-27-19-22(28-18(9-25)29-23(19)30)26-10-16-7-5-4-6-8-16/h4-8,12,17,20-21,24H,10-11H2,1-3H3,(H,26,28,29)/t17-,20+,21+,24+/m0/s1. The molecule has 0 amide bonds. The number of hydrogen-bond donors (Lipinski definition) is 1. The zero-order valence-corrected chi connectivity index (χ0v) is 20.3. The summed E-state index contributed by atoms with van der Waals surface area (Å²) in [7, 11) is 0. The molecule has 0 radical (unpaired) electrons. The number of carbonyl (C=O) groups is 3. The maximum atomic E-state index is 11.9. The van der Waals surface area contributed by atoms with Crippen LogP contribution in [-0.2, 0) is 39.9 Å². The van der Waals surface area contributed by atoms with E-state index in [2.05, 4.69) is 20.3 Å². The third-order valence-electron chi connectivity index (χ3n) is 5.44. The molecule has 0 aliphatic carbocycles. The number of esters is 3. The molecule has 1 fully saturated rings. The van der Waals surface area contributed by atoms with Crippen molar-refractivity contribution in [2.24, 2.45) is 0 Å². The van der Waals surface area contributed by atoms with Crippen LogP contribution in [0.3, 0.4) is 0 Å². The van der Waals surface area contributed by atoms with E-state index in [0.29, 0.717) is 17.9 Å². The highest BCUT2D eigenvalue weighted by molar-refractivity contribution is 5.83. The number of nitrogens with one attached hydrogen (secondary N) is 1. The largest absolute Gasteiger partial charge is 0.463 e. The summed E-state index contributed by atoms with van der Waals surface area (Å²) in [6, 6.07) is 11.5. The summed E-state index contributed by atoms with van der Waals surface area (Å²) >= 11 is 0. The van der Waals surface area contributed by atoms with Gasteiger partial charge < -0.3 is 24.3 Å². The molecule has 1 aliphatic heterocycles. The highest BCUT2D eigenvalue weighted by atomic mass is 16.7. The Labute approximate surface area is 211 Å². The lowest BCUT2D eigenvalue weighted by Gasteiger charge is -2.23. The third-order valence-corrected chi connectivity index (χ3v) is 5.44. The zero-order chi connectivity index (χ0) is 26.5. The molecule has 3 heterocycles. The van der Waals surface area contributed by atoms with Crippen molar-refractivity contribution in [2.45, 2.75) is 51.9 Å². The van der Waals surface area contributed by atoms with Crippen LogP contribution in [0.4, 0.5) is 5.82 Å². The lowest BCUT2D eigenvalue weighted by Crippen LogP contribution is -2.40. The first-order valence-electron chi connectivity index (χ1n) is 11.3. The van der Waals surface area contributed by atoms with Crippen molar-refractivity contribution in [1.29, 1.82) is 5.26 Å². The Morgan fingerprint density at radius 1 is 1.05 bits per heavy atom. The summed E-state index contributed by atoms with van der Waals surface area (Å²) in [6.45, 7) is 3.79. The van der Waals surface area contributed by atoms with Crippen molar-refractivity contribution in [2.75, 3.05) is 11.9 Å². The SMILES string of the molecule is CC(=O)OC[C@@H]1O[C@@H](n2cnc3c(NCc4ccccc4)nc(C#N)nc32)[C@H](OC(C)=O)[C@@H]1OC(C)=O. The van der Waals surface area contributed by atoms with Crippen molar-refractivity contribution in [3.05, 3.63) is 48.0 Å². The van der Waals surface area contributed by atoms with Crippen LogP contribution in [0, 0.1) is 11.3 Å². The minimum atomic E-state index is -1.12. The van der Waals surface area contributed by atoms with E-state index in [1.54, 1.807) is 0 Å². The number of benzene rings is 1. The fourth-order valence-corrected chi connectivity index (χ4v) is 3.97. The monoisotopic (exact) mass is 508 g/mol. The van der Waals surface area contributed by atoms with Gasteiger partial charge in [-0.1, -0.05) is 30.3 Å². The number of hydrogen-bond acceptors (Lipinski definition) is 12. The van der Waals surface area contributed by atoms with Crippen molar-refractivity contribution in [1.82, 2.24) is 19.5 Å². The van der Waals surface area contributed by atoms with Gasteiger partial charge in [0.2, 0.25) is 5.82 Å². The fraction of sp³-hybridized carbons (Fsp3) is 0.375. The number of nitriles is 1. The summed E-state index contributed by atoms with van der Waals surface area (Å²) in [5, 5.41) is 12.7. The van der Waals surface area contributed by atoms with E-state index in [-0.39, 0.29) is 18.1 Å². The Bertz CT molecular complexity index is 1350. The van der Waals surface area contributed by atoms with Crippen molar-refractivity contribution in [3.8, 4) is 6.07 Å². The van der Waals surface area contributed by atoms with Crippen LogP contribution in [0.1, 0.15) is 38.4 Å². The molecular weight excluding hydrogens is 484 g/mol. The molecule has 0 unspecified atom stereocenters. The van der Waals surface area contributed by atoms with Crippen molar-refractivity contribution >= 4 is 34.9 Å². The smallest absolute Gasteiger partial charge is 0.303 e. The molecule has 4 atom stereocenters. The number of fused-ring (bicyclic) bond motifs is 1. The van der Waals surface area contributed by atoms with E-state index in [0.717, 1.165) is 5.56 Å². The molecule has 0 bridgehead atoms. The summed E-state index contributed by atoms with van der Waals surface area (Å²) in [5.74, 6) is -1.66. The molecule has 1 saturated heterocycles. The van der Waals surface area contributed by atoms with Gasteiger partial charge in [-0.2, -0.15) is 15.2 Å². The molecule has 13 nitrogen and oxygen atoms in total. The predicted molar refractivity (Wildman–Crippen MR) is 125 cm³/mol. The average molecular weight is 508 g/mol. The molecule has 192 valence electrons. The van der Waals surface area contributed by atoms with Gasteiger partial charge in [0.05, 0.1) is 6.33 Å². The number of carbonyl (C=O) groups excluding carboxylic acids is 3. The third kappa shape index (κ3) is 5.81. The first kappa shape index (κ1) is 25.5. The lowest BCUT2D eigenvalue weighted by molar-refractivity contribution is -0.166. The van der Waals surface area contributed by atoms with Gasteiger partial charge >= 0.3 is 17.9 Å². The predicted octanol–water partition coefficient (Wildman–Crippen LogP) is 1.63. The van der Waals surface area contributed by atoms with E-state index in [9.17, 15) is 19.6 Å². The molecule has 37 heavy (non-hydrogen) atoms. The van der Waals surface area contributed by atoms with Crippen LogP contribution < -0.4 is 5.32 Å². The number of nitrogens with zero attached hydrogens (tertiary/aromatic N) is 5. The molecule has 4 rings (SSSR count). The Hall–Kier alpha value is -4.57. The number of anilines is 1. The van der Waals surface area contributed by atoms with Crippen LogP contribution in [0.15, 0.2) is 36.7 Å². The molecular formula is C24H24N6O7. The van der Waals surface area contributed by atoms with Crippen LogP contribution >= 0.6 is 0 Å². The molecule has 0 spiro atoms. The lowest BCUT2D eigenvalue weighted by atomic mass is 10.1. The highest BCUT2D eigenvalue weighted by Crippen LogP contribution is 2.36. The van der Waals surface area contributed by atoms with Crippen LogP contribution in [0.5, 0.6) is 0 Å². The van der Waals surface area contributed by atoms with E-state index in [1.807, 2.05) is 36.4 Å². The summed E-state index contributed by atoms with van der Waals surface area (Å²) in [6.07, 6.45) is -2.83. The average Bonchev–Trinajstić information content (AvgIpc) is 3.42. The minimum absolute atomic E-state index is 0.125. The highest BCUT2D eigenvalue weighted by Gasteiger charge is 2.51. The summed E-state index contributed by atoms with van der Waals surface area (Å²) in [5.41, 5.74) is 1.55. The molecule has 1 N–H and O–H groups in total. The van der Waals surface area contributed by atoms with Gasteiger partial charge in [-0.3, -0.25) is 19.0 Å². The first-order valence-corrected chi connectivity index (χ1v) is 11.3. The van der Waals surface area contributed by atoms with E-state index < -0.39 is 42.4 Å². The molecule has 1 aromatic carbocycles. The zero-order valence-electron chi connectivity index (χ0n) is 20.3. The Kier molecular flexibility index (Phi) is 7.59. The first-order chi connectivity index (χ1) is 17.8. The topological polar surface area (TPSA) is 168 Å². The van der Waals surface area contributed by atoms with E-state index in [1.165, 1.54) is 31.7 Å². The molecule has 13 heteroatoms. The number of ether oxygens (including phenoxy) is 4. The van der Waals surface area contributed by atoms with Crippen molar-refractivity contribution < 1.29 is 33.3 Å². The number of imidazole rings is 1. The summed E-state index contributed by atoms with van der Waals surface area (Å²) < 4.78 is 23.5. The van der Waals surface area contributed by atoms with E-state index in [4.69, 9.17) is 18.9 Å². The Morgan fingerprint density at radius 3 is 2.41 bits per heavy atom. The van der Waals surface area contributed by atoms with Gasteiger partial charge in [0.15, 0.2) is 35.4 Å². The van der Waals surface area contributed by atoms with Gasteiger partial charge in [-0.15, -0.1) is 0 Å². The molecule has 2 aromatic heterocycles. The van der Waals surface area contributed by atoms with Gasteiger partial charge in [-0.05, 0) is 5.56 Å². The normalized spacial score (nSPS) is 20.7. The Morgan fingerprint density at radius 2 is 1.76 bits per heavy atom. The molecule has 3 aromatic rings. The molecule has 0 saturated carbocycles. The second kappa shape index (κ2) is 11.0. The Balaban J connectivity index is 1.73. The van der Waals surface area contributed by atoms with Gasteiger partial charge in [0.1, 0.15) is 18.8 Å².